The third-order valence-electron chi connectivity index (χ3n) is 2.53. The highest BCUT2D eigenvalue weighted by molar-refractivity contribution is 5.76. The molecule has 0 saturated heterocycles. The number of hydrogen-bond donors (Lipinski definition) is 1. The predicted octanol–water partition coefficient (Wildman–Crippen LogP) is 3.38. The topological polar surface area (TPSA) is 29.1 Å². The summed E-state index contributed by atoms with van der Waals surface area (Å²) in [4.78, 5) is 10.9. The molecule has 1 N–H and O–H groups in total. The Balaban J connectivity index is 2.76. The summed E-state index contributed by atoms with van der Waals surface area (Å²) in [7, 11) is 0. The lowest BCUT2D eigenvalue weighted by atomic mass is 9.86. The van der Waals surface area contributed by atoms with Gasteiger partial charge in [0.1, 0.15) is 5.78 Å². The van der Waals surface area contributed by atoms with Gasteiger partial charge in [0, 0.05) is 18.7 Å². The Labute approximate surface area is 98.1 Å². The first-order valence-corrected chi connectivity index (χ1v) is 5.74. The van der Waals surface area contributed by atoms with Crippen LogP contribution >= 0.6 is 0 Å². The zero-order chi connectivity index (χ0) is 12.2. The van der Waals surface area contributed by atoms with Gasteiger partial charge in [-0.2, -0.15) is 0 Å². The molecule has 16 heavy (non-hydrogen) atoms. The Kier molecular flexibility index (Phi) is 4.11. The molecule has 0 aliphatic rings. The molecule has 0 saturated carbocycles. The Morgan fingerprint density at radius 2 is 1.88 bits per heavy atom. The molecular weight excluding hydrogens is 198 g/mol. The van der Waals surface area contributed by atoms with Crippen LogP contribution in [0, 0.1) is 0 Å². The molecule has 88 valence electrons. The quantitative estimate of drug-likeness (QED) is 0.841. The molecule has 0 unspecified atom stereocenters. The number of para-hydroxylation sites is 1. The molecule has 0 aromatic heterocycles. The van der Waals surface area contributed by atoms with Gasteiger partial charge in [0.2, 0.25) is 0 Å². The van der Waals surface area contributed by atoms with Gasteiger partial charge in [-0.15, -0.1) is 0 Å². The fourth-order valence-electron chi connectivity index (χ4n) is 1.66. The largest absolute Gasteiger partial charge is 0.384 e. The first kappa shape index (κ1) is 12.8. The zero-order valence-electron chi connectivity index (χ0n) is 10.6. The zero-order valence-corrected chi connectivity index (χ0v) is 10.6. The molecule has 0 fully saturated rings. The maximum Gasteiger partial charge on any atom is 0.131 e. The maximum atomic E-state index is 10.9. The summed E-state index contributed by atoms with van der Waals surface area (Å²) in [5.74, 6) is 0.223. The van der Waals surface area contributed by atoms with Crippen molar-refractivity contribution in [3.05, 3.63) is 29.8 Å². The van der Waals surface area contributed by atoms with Crippen molar-refractivity contribution < 1.29 is 4.79 Å². The minimum Gasteiger partial charge on any atom is -0.384 e. The molecule has 0 atom stereocenters. The predicted molar refractivity (Wildman–Crippen MR) is 68.9 cm³/mol. The van der Waals surface area contributed by atoms with Gasteiger partial charge in [-0.3, -0.25) is 4.79 Å². The molecule has 0 amide bonds. The van der Waals surface area contributed by atoms with E-state index in [4.69, 9.17) is 0 Å². The fourth-order valence-corrected chi connectivity index (χ4v) is 1.66. The van der Waals surface area contributed by atoms with Crippen LogP contribution in [-0.2, 0) is 10.2 Å². The Morgan fingerprint density at radius 1 is 1.25 bits per heavy atom. The van der Waals surface area contributed by atoms with E-state index in [1.807, 2.05) is 6.07 Å². The lowest BCUT2D eigenvalue weighted by molar-refractivity contribution is -0.116. The number of Topliss-reactive ketones (excluding diaryl/α,β-unsaturated/α-hetero) is 1. The maximum absolute atomic E-state index is 10.9. The van der Waals surface area contributed by atoms with Gasteiger partial charge < -0.3 is 5.32 Å². The van der Waals surface area contributed by atoms with Gasteiger partial charge in [0.25, 0.3) is 0 Å². The van der Waals surface area contributed by atoms with Crippen molar-refractivity contribution in [2.24, 2.45) is 0 Å². The molecule has 0 aliphatic carbocycles. The molecule has 2 nitrogen and oxygen atoms in total. The number of benzene rings is 1. The van der Waals surface area contributed by atoms with E-state index >= 15 is 0 Å². The van der Waals surface area contributed by atoms with Gasteiger partial charge in [0.05, 0.1) is 0 Å². The van der Waals surface area contributed by atoms with E-state index in [2.05, 4.69) is 44.3 Å². The van der Waals surface area contributed by atoms with Crippen LogP contribution in [0.25, 0.3) is 0 Å². The second kappa shape index (κ2) is 5.15. The van der Waals surface area contributed by atoms with Crippen molar-refractivity contribution in [1.29, 1.82) is 0 Å². The van der Waals surface area contributed by atoms with E-state index in [1.54, 1.807) is 6.92 Å². The highest BCUT2D eigenvalue weighted by Gasteiger charge is 2.16. The van der Waals surface area contributed by atoms with Crippen LogP contribution in [0.1, 0.15) is 39.7 Å². The SMILES string of the molecule is CC(=O)CCNc1ccccc1C(C)(C)C. The van der Waals surface area contributed by atoms with E-state index in [-0.39, 0.29) is 11.2 Å². The average Bonchev–Trinajstić information content (AvgIpc) is 2.16. The van der Waals surface area contributed by atoms with E-state index in [9.17, 15) is 4.79 Å². The number of carbonyl (C=O) groups excluding carboxylic acids is 1. The van der Waals surface area contributed by atoms with Crippen LogP contribution < -0.4 is 5.32 Å². The summed E-state index contributed by atoms with van der Waals surface area (Å²) in [6.07, 6.45) is 0.582. The normalized spacial score (nSPS) is 11.2. The van der Waals surface area contributed by atoms with Crippen molar-refractivity contribution in [2.75, 3.05) is 11.9 Å². The highest BCUT2D eigenvalue weighted by Crippen LogP contribution is 2.28. The molecule has 0 aliphatic heterocycles. The van der Waals surface area contributed by atoms with Gasteiger partial charge in [-0.25, -0.2) is 0 Å². The van der Waals surface area contributed by atoms with Crippen LogP contribution in [0.5, 0.6) is 0 Å². The number of hydrogen-bond acceptors (Lipinski definition) is 2. The van der Waals surface area contributed by atoms with Crippen molar-refractivity contribution in [1.82, 2.24) is 0 Å². The lowest BCUT2D eigenvalue weighted by Crippen LogP contribution is -2.16. The second-order valence-corrected chi connectivity index (χ2v) is 5.17. The van der Waals surface area contributed by atoms with E-state index in [0.29, 0.717) is 13.0 Å². The average molecular weight is 219 g/mol. The van der Waals surface area contributed by atoms with Gasteiger partial charge in [0.15, 0.2) is 0 Å². The number of anilines is 1. The summed E-state index contributed by atoms with van der Waals surface area (Å²) >= 11 is 0. The van der Waals surface area contributed by atoms with Crippen LogP contribution in [0.4, 0.5) is 5.69 Å². The number of rotatable bonds is 4. The van der Waals surface area contributed by atoms with E-state index < -0.39 is 0 Å². The summed E-state index contributed by atoms with van der Waals surface area (Å²) < 4.78 is 0. The van der Waals surface area contributed by atoms with Crippen molar-refractivity contribution in [3.8, 4) is 0 Å². The number of ketones is 1. The monoisotopic (exact) mass is 219 g/mol. The molecule has 1 rings (SSSR count). The lowest BCUT2D eigenvalue weighted by Gasteiger charge is -2.23. The molecule has 2 heteroatoms. The van der Waals surface area contributed by atoms with Crippen molar-refractivity contribution in [3.63, 3.8) is 0 Å². The molecule has 0 heterocycles. The second-order valence-electron chi connectivity index (χ2n) is 5.17. The first-order chi connectivity index (χ1) is 7.41. The minimum absolute atomic E-state index is 0.125. The van der Waals surface area contributed by atoms with E-state index in [0.717, 1.165) is 5.69 Å². The molecular formula is C14H21NO. The third-order valence-corrected chi connectivity index (χ3v) is 2.53. The van der Waals surface area contributed by atoms with Crippen LogP contribution in [-0.4, -0.2) is 12.3 Å². The third kappa shape index (κ3) is 3.69. The molecule has 0 radical (unpaired) electrons. The van der Waals surface area contributed by atoms with Crippen molar-refractivity contribution >= 4 is 11.5 Å². The minimum atomic E-state index is 0.125. The fraction of sp³-hybridized carbons (Fsp3) is 0.500. The molecule has 1 aromatic rings. The van der Waals surface area contributed by atoms with Crippen LogP contribution in [0.15, 0.2) is 24.3 Å². The summed E-state index contributed by atoms with van der Waals surface area (Å²) in [5, 5.41) is 3.33. The summed E-state index contributed by atoms with van der Waals surface area (Å²) in [5.41, 5.74) is 2.55. The Bertz CT molecular complexity index is 363. The Morgan fingerprint density at radius 3 is 2.44 bits per heavy atom. The van der Waals surface area contributed by atoms with Crippen LogP contribution in [0.2, 0.25) is 0 Å². The highest BCUT2D eigenvalue weighted by atomic mass is 16.1. The van der Waals surface area contributed by atoms with Gasteiger partial charge in [-0.05, 0) is 24.0 Å². The van der Waals surface area contributed by atoms with Crippen molar-refractivity contribution in [2.45, 2.75) is 39.5 Å². The van der Waals surface area contributed by atoms with Crippen LogP contribution in [0.3, 0.4) is 0 Å². The van der Waals surface area contributed by atoms with Gasteiger partial charge in [-0.1, -0.05) is 39.0 Å². The molecule has 0 spiro atoms. The standard InChI is InChI=1S/C14H21NO/c1-11(16)9-10-15-13-8-6-5-7-12(13)14(2,3)4/h5-8,15H,9-10H2,1-4H3. The summed E-state index contributed by atoms with van der Waals surface area (Å²) in [6.45, 7) is 8.91. The number of nitrogens with one attached hydrogen (secondary N) is 1. The summed E-state index contributed by atoms with van der Waals surface area (Å²) in [6, 6.07) is 8.28. The van der Waals surface area contributed by atoms with E-state index in [1.165, 1.54) is 5.56 Å². The first-order valence-electron chi connectivity index (χ1n) is 5.74. The molecule has 0 bridgehead atoms. The smallest absolute Gasteiger partial charge is 0.131 e. The Hall–Kier alpha value is -1.31. The number of carbonyl (C=O) groups is 1. The molecule has 1 aromatic carbocycles. The van der Waals surface area contributed by atoms with Gasteiger partial charge >= 0.3 is 0 Å².